The first-order valence-electron chi connectivity index (χ1n) is 20.8. The zero-order chi connectivity index (χ0) is 41.0. The molecule has 0 aliphatic heterocycles. The number of nitrogens with zero attached hydrogens (tertiary/aromatic N) is 6. The summed E-state index contributed by atoms with van der Waals surface area (Å²) in [6.07, 6.45) is 0. The number of benzene rings is 8. The van der Waals surface area contributed by atoms with E-state index < -0.39 is 0 Å². The molecule has 0 bridgehead atoms. The fraction of sp³-hybridized carbons (Fsp3) is 0. The highest BCUT2D eigenvalue weighted by atomic mass is 15.2. The summed E-state index contributed by atoms with van der Waals surface area (Å²) in [7, 11) is 0. The monoisotopic (exact) mass is 792 g/mol. The van der Waals surface area contributed by atoms with Crippen LogP contribution >= 0.6 is 0 Å². The zero-order valence-electron chi connectivity index (χ0n) is 33.5. The Morgan fingerprint density at radius 3 is 1.60 bits per heavy atom. The van der Waals surface area contributed by atoms with Crippen LogP contribution in [0.2, 0.25) is 0 Å². The van der Waals surface area contributed by atoms with Gasteiger partial charge >= 0.3 is 0 Å². The van der Waals surface area contributed by atoms with Gasteiger partial charge in [-0.1, -0.05) is 170 Å². The van der Waals surface area contributed by atoms with E-state index in [0.717, 1.165) is 88.7 Å². The van der Waals surface area contributed by atoms with Crippen molar-refractivity contribution in [2.45, 2.75) is 0 Å². The lowest BCUT2D eigenvalue weighted by molar-refractivity contribution is 0.979. The summed E-state index contributed by atoms with van der Waals surface area (Å²) in [5.74, 6) is 1.81. The first-order valence-corrected chi connectivity index (χ1v) is 20.8. The highest BCUT2D eigenvalue weighted by Gasteiger charge is 2.23. The first-order chi connectivity index (χ1) is 30.7. The van der Waals surface area contributed by atoms with E-state index in [9.17, 15) is 0 Å². The average molecular weight is 793 g/mol. The molecule has 0 saturated carbocycles. The smallest absolute Gasteiger partial charge is 0.164 e. The molecule has 0 aliphatic carbocycles. The van der Waals surface area contributed by atoms with Crippen molar-refractivity contribution < 1.29 is 0 Å². The van der Waals surface area contributed by atoms with Gasteiger partial charge in [-0.3, -0.25) is 0 Å². The second kappa shape index (κ2) is 14.7. The third-order valence-corrected chi connectivity index (χ3v) is 11.8. The quantitative estimate of drug-likeness (QED) is 0.161. The fourth-order valence-corrected chi connectivity index (χ4v) is 8.91. The molecule has 6 heteroatoms. The van der Waals surface area contributed by atoms with Crippen molar-refractivity contribution in [3.8, 4) is 73.5 Å². The number of fused-ring (bicyclic) bond motifs is 6. The van der Waals surface area contributed by atoms with E-state index in [1.165, 1.54) is 5.39 Å². The van der Waals surface area contributed by atoms with Gasteiger partial charge in [0.2, 0.25) is 0 Å². The molecule has 0 amide bonds. The summed E-state index contributed by atoms with van der Waals surface area (Å²) in [6, 6.07) is 76.2. The molecule has 0 atom stereocenters. The van der Waals surface area contributed by atoms with Crippen molar-refractivity contribution in [2.24, 2.45) is 0 Å². The molecule has 0 unspecified atom stereocenters. The molecule has 12 rings (SSSR count). The predicted molar refractivity (Wildman–Crippen MR) is 253 cm³/mol. The van der Waals surface area contributed by atoms with Crippen LogP contribution in [0.3, 0.4) is 0 Å². The van der Waals surface area contributed by atoms with Gasteiger partial charge in [-0.15, -0.1) is 0 Å². The van der Waals surface area contributed by atoms with Crippen LogP contribution in [0.15, 0.2) is 218 Å². The molecule has 12 aromatic rings. The predicted octanol–water partition coefficient (Wildman–Crippen LogP) is 13.8. The fourth-order valence-electron chi connectivity index (χ4n) is 8.91. The molecule has 62 heavy (non-hydrogen) atoms. The summed E-state index contributed by atoms with van der Waals surface area (Å²) >= 11 is 0. The van der Waals surface area contributed by atoms with E-state index in [-0.39, 0.29) is 0 Å². The topological polar surface area (TPSA) is 60.9 Å². The number of para-hydroxylation sites is 2. The summed E-state index contributed by atoms with van der Waals surface area (Å²) in [5.41, 5.74) is 13.3. The number of pyridine rings is 1. The molecular weight excluding hydrogens is 757 g/mol. The Morgan fingerprint density at radius 1 is 0.339 bits per heavy atom. The van der Waals surface area contributed by atoms with Crippen molar-refractivity contribution >= 4 is 38.1 Å². The Morgan fingerprint density at radius 2 is 0.871 bits per heavy atom. The van der Waals surface area contributed by atoms with Crippen LogP contribution in [0.4, 0.5) is 0 Å². The minimum Gasteiger partial charge on any atom is -0.309 e. The van der Waals surface area contributed by atoms with Crippen molar-refractivity contribution in [1.82, 2.24) is 29.1 Å². The standard InChI is InChI=1S/C56H36N6/c1-5-18-37(19-6-1)50-36-40-24-13-14-29-45(40)53-51(52(60-62(50)53)38-20-7-2-8-21-38)41-25-17-26-42(34-41)55-57-54(39-22-9-3-10-23-39)58-56(59-55)43-32-33-49-47(35-43)46-30-15-16-31-48(46)61(49)44-27-11-4-12-28-44/h1-36H. The Balaban J connectivity index is 1.08. The van der Waals surface area contributed by atoms with Crippen LogP contribution in [0.1, 0.15) is 0 Å². The molecule has 0 spiro atoms. The Bertz CT molecular complexity index is 3610. The number of rotatable bonds is 7. The number of hydrogen-bond donors (Lipinski definition) is 0. The van der Waals surface area contributed by atoms with Gasteiger partial charge < -0.3 is 4.57 Å². The van der Waals surface area contributed by atoms with Gasteiger partial charge in [0.05, 0.1) is 22.2 Å². The van der Waals surface area contributed by atoms with Gasteiger partial charge in [-0.2, -0.15) is 5.10 Å². The molecule has 0 saturated heterocycles. The van der Waals surface area contributed by atoms with Crippen molar-refractivity contribution in [2.75, 3.05) is 0 Å². The van der Waals surface area contributed by atoms with E-state index in [1.807, 2.05) is 24.3 Å². The molecule has 4 heterocycles. The zero-order valence-corrected chi connectivity index (χ0v) is 33.5. The second-order valence-electron chi connectivity index (χ2n) is 15.5. The van der Waals surface area contributed by atoms with Crippen LogP contribution < -0.4 is 0 Å². The lowest BCUT2D eigenvalue weighted by Crippen LogP contribution is -2.00. The van der Waals surface area contributed by atoms with E-state index in [1.54, 1.807) is 0 Å². The Kier molecular flexibility index (Phi) is 8.38. The van der Waals surface area contributed by atoms with Gasteiger partial charge in [-0.25, -0.2) is 19.5 Å². The first kappa shape index (κ1) is 35.5. The van der Waals surface area contributed by atoms with Gasteiger partial charge in [0.15, 0.2) is 17.5 Å². The lowest BCUT2D eigenvalue weighted by atomic mass is 9.95. The van der Waals surface area contributed by atoms with Crippen LogP contribution in [0.25, 0.3) is 112 Å². The van der Waals surface area contributed by atoms with Crippen LogP contribution in [-0.2, 0) is 0 Å². The van der Waals surface area contributed by atoms with Crippen LogP contribution in [-0.4, -0.2) is 29.1 Å². The molecule has 0 aliphatic rings. The molecule has 0 N–H and O–H groups in total. The van der Waals surface area contributed by atoms with E-state index in [0.29, 0.717) is 17.5 Å². The normalized spacial score (nSPS) is 11.5. The molecule has 8 aromatic carbocycles. The molecular formula is C56H36N6. The lowest BCUT2D eigenvalue weighted by Gasteiger charge is -2.12. The van der Waals surface area contributed by atoms with Gasteiger partial charge in [0.25, 0.3) is 0 Å². The molecule has 0 fully saturated rings. The highest BCUT2D eigenvalue weighted by Crippen LogP contribution is 2.42. The maximum atomic E-state index is 5.44. The van der Waals surface area contributed by atoms with Crippen molar-refractivity contribution in [3.63, 3.8) is 0 Å². The summed E-state index contributed by atoms with van der Waals surface area (Å²) in [5, 5.41) is 10.0. The summed E-state index contributed by atoms with van der Waals surface area (Å²) < 4.78 is 4.45. The van der Waals surface area contributed by atoms with Gasteiger partial charge in [0, 0.05) is 55.2 Å². The highest BCUT2D eigenvalue weighted by molar-refractivity contribution is 6.11. The van der Waals surface area contributed by atoms with Gasteiger partial charge in [-0.05, 0) is 59.5 Å². The van der Waals surface area contributed by atoms with E-state index in [2.05, 4.69) is 203 Å². The summed E-state index contributed by atoms with van der Waals surface area (Å²) in [6.45, 7) is 0. The van der Waals surface area contributed by atoms with Crippen molar-refractivity contribution in [1.29, 1.82) is 0 Å². The largest absolute Gasteiger partial charge is 0.309 e. The van der Waals surface area contributed by atoms with Crippen LogP contribution in [0.5, 0.6) is 0 Å². The third kappa shape index (κ3) is 5.96. The Hall–Kier alpha value is -8.48. The minimum atomic E-state index is 0.593. The molecule has 4 aromatic heterocycles. The number of hydrogen-bond acceptors (Lipinski definition) is 4. The van der Waals surface area contributed by atoms with Gasteiger partial charge in [0.1, 0.15) is 5.69 Å². The maximum absolute atomic E-state index is 5.44. The maximum Gasteiger partial charge on any atom is 0.164 e. The molecule has 0 radical (unpaired) electrons. The average Bonchev–Trinajstić information content (AvgIpc) is 3.92. The third-order valence-electron chi connectivity index (χ3n) is 11.8. The number of aromatic nitrogens is 6. The Labute approximate surface area is 357 Å². The summed E-state index contributed by atoms with van der Waals surface area (Å²) in [4.78, 5) is 15.6. The minimum absolute atomic E-state index is 0.593. The SMILES string of the molecule is c1ccc(-c2nc(-c3cccc(-c4c(-c5ccccc5)nn5c(-c6ccccc6)cc6ccccc6c45)c3)nc(-c3ccc4c(c3)c3ccccc3n4-c3ccccc3)n2)cc1. The molecule has 6 nitrogen and oxygen atoms in total. The second-order valence-corrected chi connectivity index (χ2v) is 15.5. The van der Waals surface area contributed by atoms with Crippen LogP contribution in [0, 0.1) is 0 Å². The molecule has 290 valence electrons. The van der Waals surface area contributed by atoms with E-state index in [4.69, 9.17) is 20.1 Å². The van der Waals surface area contributed by atoms with E-state index >= 15 is 0 Å². The van der Waals surface area contributed by atoms with Crippen molar-refractivity contribution in [3.05, 3.63) is 218 Å².